The SMILES string of the molecule is CN=CCC(O)Nc1nnc(SC)s1. The highest BCUT2D eigenvalue weighted by Gasteiger charge is 2.06. The van der Waals surface area contributed by atoms with Crippen LogP contribution in [0.25, 0.3) is 0 Å². The van der Waals surface area contributed by atoms with Gasteiger partial charge in [-0.05, 0) is 6.26 Å². The Balaban J connectivity index is 2.43. The number of aliphatic hydroxyl groups is 1. The molecule has 0 saturated heterocycles. The number of aliphatic imine (C=N–C) groups is 1. The fraction of sp³-hybridized carbons (Fsp3) is 0.571. The van der Waals surface area contributed by atoms with Crippen molar-refractivity contribution in [2.24, 2.45) is 4.99 Å². The van der Waals surface area contributed by atoms with Crippen LogP contribution in [0.4, 0.5) is 5.13 Å². The van der Waals surface area contributed by atoms with Crippen molar-refractivity contribution in [3.8, 4) is 0 Å². The largest absolute Gasteiger partial charge is 0.373 e. The summed E-state index contributed by atoms with van der Waals surface area (Å²) in [6, 6.07) is 0. The first-order valence-corrected chi connectivity index (χ1v) is 6.03. The molecule has 0 radical (unpaired) electrons. The lowest BCUT2D eigenvalue weighted by atomic mass is 10.4. The number of aromatic nitrogens is 2. The van der Waals surface area contributed by atoms with Gasteiger partial charge in [0.2, 0.25) is 5.13 Å². The van der Waals surface area contributed by atoms with Gasteiger partial charge in [0, 0.05) is 19.7 Å². The average Bonchev–Trinajstić information content (AvgIpc) is 2.62. The van der Waals surface area contributed by atoms with Crippen molar-refractivity contribution in [2.75, 3.05) is 18.6 Å². The summed E-state index contributed by atoms with van der Waals surface area (Å²) in [6.07, 6.45) is 3.39. The zero-order chi connectivity index (χ0) is 10.4. The number of thioether (sulfide) groups is 1. The summed E-state index contributed by atoms with van der Waals surface area (Å²) in [7, 11) is 1.67. The standard InChI is InChI=1S/C7H12N4OS2/c1-8-4-3-5(12)9-6-10-11-7(13-2)14-6/h4-5,12H,3H2,1-2H3,(H,9,10). The minimum absolute atomic E-state index is 0.463. The first-order valence-electron chi connectivity index (χ1n) is 3.99. The lowest BCUT2D eigenvalue weighted by Crippen LogP contribution is -2.18. The van der Waals surface area contributed by atoms with Crippen molar-refractivity contribution >= 4 is 34.4 Å². The van der Waals surface area contributed by atoms with Crippen molar-refractivity contribution in [3.63, 3.8) is 0 Å². The molecule has 0 aliphatic carbocycles. The van der Waals surface area contributed by atoms with E-state index >= 15 is 0 Å². The second-order valence-electron chi connectivity index (χ2n) is 2.41. The molecule has 5 nitrogen and oxygen atoms in total. The molecule has 0 bridgehead atoms. The predicted octanol–water partition coefficient (Wildman–Crippen LogP) is 1.08. The minimum atomic E-state index is -0.652. The maximum Gasteiger partial charge on any atom is 0.208 e. The molecule has 2 N–H and O–H groups in total. The topological polar surface area (TPSA) is 70.4 Å². The van der Waals surface area contributed by atoms with Crippen molar-refractivity contribution in [3.05, 3.63) is 0 Å². The Hall–Kier alpha value is -0.660. The molecule has 7 heteroatoms. The van der Waals surface area contributed by atoms with Gasteiger partial charge in [0.05, 0.1) is 0 Å². The molecule has 0 spiro atoms. The molecule has 1 rings (SSSR count). The molecule has 0 aliphatic heterocycles. The van der Waals surface area contributed by atoms with Crippen molar-refractivity contribution < 1.29 is 5.11 Å². The monoisotopic (exact) mass is 232 g/mol. The van der Waals surface area contributed by atoms with Crippen molar-refractivity contribution in [2.45, 2.75) is 17.0 Å². The Morgan fingerprint density at radius 3 is 3.07 bits per heavy atom. The molecule has 1 heterocycles. The van der Waals surface area contributed by atoms with E-state index in [1.54, 1.807) is 13.3 Å². The van der Waals surface area contributed by atoms with Gasteiger partial charge in [0.1, 0.15) is 6.23 Å². The van der Waals surface area contributed by atoms with Crippen LogP contribution in [0.2, 0.25) is 0 Å². The van der Waals surface area contributed by atoms with Gasteiger partial charge in [-0.2, -0.15) is 0 Å². The van der Waals surface area contributed by atoms with Crippen molar-refractivity contribution in [1.29, 1.82) is 0 Å². The first kappa shape index (κ1) is 11.4. The maximum absolute atomic E-state index is 9.45. The van der Waals surface area contributed by atoms with Gasteiger partial charge in [-0.15, -0.1) is 10.2 Å². The summed E-state index contributed by atoms with van der Waals surface area (Å²) in [4.78, 5) is 3.78. The Morgan fingerprint density at radius 1 is 1.71 bits per heavy atom. The summed E-state index contributed by atoms with van der Waals surface area (Å²) in [5.41, 5.74) is 0. The van der Waals surface area contributed by atoms with Crippen LogP contribution >= 0.6 is 23.1 Å². The number of nitrogens with zero attached hydrogens (tertiary/aromatic N) is 3. The molecule has 0 aliphatic rings. The Labute approximate surface area is 90.7 Å². The van der Waals surface area contributed by atoms with Gasteiger partial charge >= 0.3 is 0 Å². The number of nitrogens with one attached hydrogen (secondary N) is 1. The number of hydrogen-bond donors (Lipinski definition) is 2. The van der Waals surface area contributed by atoms with Gasteiger partial charge in [-0.25, -0.2) is 0 Å². The van der Waals surface area contributed by atoms with E-state index in [0.717, 1.165) is 4.34 Å². The number of aliphatic hydroxyl groups excluding tert-OH is 1. The Kier molecular flexibility index (Phi) is 4.85. The quantitative estimate of drug-likeness (QED) is 0.451. The maximum atomic E-state index is 9.45. The highest BCUT2D eigenvalue weighted by Crippen LogP contribution is 2.23. The third-order valence-corrected chi connectivity index (χ3v) is 3.21. The number of rotatable bonds is 5. The van der Waals surface area contributed by atoms with Crippen LogP contribution in [-0.2, 0) is 0 Å². The molecule has 78 valence electrons. The van der Waals surface area contributed by atoms with Crippen LogP contribution in [0.3, 0.4) is 0 Å². The van der Waals surface area contributed by atoms with Crippen molar-refractivity contribution in [1.82, 2.24) is 10.2 Å². The van der Waals surface area contributed by atoms with Gasteiger partial charge in [-0.1, -0.05) is 23.1 Å². The normalized spacial score (nSPS) is 13.4. The molecule has 1 atom stereocenters. The summed E-state index contributed by atoms with van der Waals surface area (Å²) in [5.74, 6) is 0. The van der Waals surface area contributed by atoms with E-state index in [-0.39, 0.29) is 0 Å². The van der Waals surface area contributed by atoms with E-state index < -0.39 is 6.23 Å². The molecular formula is C7H12N4OS2. The second-order valence-corrected chi connectivity index (χ2v) is 4.44. The van der Waals surface area contributed by atoms with Crippen LogP contribution in [0.15, 0.2) is 9.33 Å². The smallest absolute Gasteiger partial charge is 0.208 e. The van der Waals surface area contributed by atoms with Crippen LogP contribution in [0.1, 0.15) is 6.42 Å². The zero-order valence-electron chi connectivity index (χ0n) is 7.97. The summed E-state index contributed by atoms with van der Waals surface area (Å²) >= 11 is 2.95. The third kappa shape index (κ3) is 3.60. The fourth-order valence-corrected chi connectivity index (χ4v) is 1.97. The summed E-state index contributed by atoms with van der Waals surface area (Å²) < 4.78 is 0.879. The fourth-order valence-electron chi connectivity index (χ4n) is 0.757. The highest BCUT2D eigenvalue weighted by molar-refractivity contribution is 8.00. The van der Waals surface area contributed by atoms with E-state index in [1.165, 1.54) is 23.1 Å². The minimum Gasteiger partial charge on any atom is -0.373 e. The van der Waals surface area contributed by atoms with Crippen LogP contribution in [-0.4, -0.2) is 41.0 Å². The zero-order valence-corrected chi connectivity index (χ0v) is 9.60. The second kappa shape index (κ2) is 5.94. The van der Waals surface area contributed by atoms with E-state index in [9.17, 15) is 5.11 Å². The lowest BCUT2D eigenvalue weighted by molar-refractivity contribution is 0.213. The lowest BCUT2D eigenvalue weighted by Gasteiger charge is -2.07. The van der Waals surface area contributed by atoms with E-state index in [0.29, 0.717) is 11.6 Å². The first-order chi connectivity index (χ1) is 6.76. The van der Waals surface area contributed by atoms with Crippen LogP contribution < -0.4 is 5.32 Å². The van der Waals surface area contributed by atoms with Gasteiger partial charge in [0.15, 0.2) is 4.34 Å². The highest BCUT2D eigenvalue weighted by atomic mass is 32.2. The molecule has 0 amide bonds. The Morgan fingerprint density at radius 2 is 2.50 bits per heavy atom. The van der Waals surface area contributed by atoms with Gasteiger partial charge < -0.3 is 15.4 Å². The summed E-state index contributed by atoms with van der Waals surface area (Å²) in [6.45, 7) is 0. The molecule has 0 saturated carbocycles. The van der Waals surface area contributed by atoms with E-state index in [4.69, 9.17) is 0 Å². The number of anilines is 1. The Bertz CT molecular complexity index is 302. The average molecular weight is 232 g/mol. The molecule has 14 heavy (non-hydrogen) atoms. The van der Waals surface area contributed by atoms with E-state index in [1.807, 2.05) is 6.26 Å². The molecule has 0 aromatic carbocycles. The number of hydrogen-bond acceptors (Lipinski definition) is 7. The van der Waals surface area contributed by atoms with E-state index in [2.05, 4.69) is 20.5 Å². The molecule has 1 aromatic rings. The van der Waals surface area contributed by atoms with Crippen LogP contribution in [0.5, 0.6) is 0 Å². The molecule has 0 fully saturated rings. The molecule has 1 unspecified atom stereocenters. The van der Waals surface area contributed by atoms with Gasteiger partial charge in [0.25, 0.3) is 0 Å². The predicted molar refractivity (Wildman–Crippen MR) is 60.4 cm³/mol. The molecule has 1 aromatic heterocycles. The molecular weight excluding hydrogens is 220 g/mol. The third-order valence-electron chi connectivity index (χ3n) is 1.38. The van der Waals surface area contributed by atoms with Gasteiger partial charge in [-0.3, -0.25) is 0 Å². The van der Waals surface area contributed by atoms with Crippen LogP contribution in [0, 0.1) is 0 Å². The summed E-state index contributed by atoms with van der Waals surface area (Å²) in [5, 5.41) is 20.7.